The van der Waals surface area contributed by atoms with Crippen molar-refractivity contribution in [2.75, 3.05) is 7.11 Å². The van der Waals surface area contributed by atoms with Gasteiger partial charge < -0.3 is 9.47 Å². The van der Waals surface area contributed by atoms with Gasteiger partial charge in [0.1, 0.15) is 0 Å². The lowest BCUT2D eigenvalue weighted by Crippen LogP contribution is -2.13. The van der Waals surface area contributed by atoms with Crippen LogP contribution in [-0.4, -0.2) is 31.6 Å². The molecule has 1 unspecified atom stereocenters. The highest BCUT2D eigenvalue weighted by molar-refractivity contribution is 9.10. The van der Waals surface area contributed by atoms with Gasteiger partial charge in [0.15, 0.2) is 6.10 Å². The zero-order valence-corrected chi connectivity index (χ0v) is 19.3. The Kier molecular flexibility index (Phi) is 6.88. The molecule has 3 aromatic rings. The molecule has 160 valence electrons. The van der Waals surface area contributed by atoms with E-state index in [2.05, 4.69) is 26.6 Å². The number of terminal acetylenes is 1. The van der Waals surface area contributed by atoms with E-state index in [4.69, 9.17) is 11.2 Å². The van der Waals surface area contributed by atoms with Crippen molar-refractivity contribution in [3.05, 3.63) is 76.6 Å². The smallest absolute Gasteiger partial charge is 0.333 e. The monoisotopic (exact) mass is 501 g/mol. The topological polar surface area (TPSA) is 74.6 Å². The molecule has 1 atom stereocenters. The van der Waals surface area contributed by atoms with Gasteiger partial charge in [-0.3, -0.25) is 0 Å². The first-order valence-electron chi connectivity index (χ1n) is 9.24. The molecule has 0 aliphatic carbocycles. The Balaban J connectivity index is 2.04. The summed E-state index contributed by atoms with van der Waals surface area (Å²) in [6.45, 7) is 1.89. The summed E-state index contributed by atoms with van der Waals surface area (Å²) in [6, 6.07) is 12.0. The predicted molar refractivity (Wildman–Crippen MR) is 122 cm³/mol. The number of hydrogen-bond acceptors (Lipinski definition) is 5. The van der Waals surface area contributed by atoms with Crippen molar-refractivity contribution < 1.29 is 22.7 Å². The summed E-state index contributed by atoms with van der Waals surface area (Å²) in [5.74, 6) is 1.94. The van der Waals surface area contributed by atoms with Crippen LogP contribution in [0.15, 0.2) is 70.4 Å². The van der Waals surface area contributed by atoms with Crippen LogP contribution in [0.1, 0.15) is 11.1 Å². The second-order valence-electron chi connectivity index (χ2n) is 6.72. The molecule has 31 heavy (non-hydrogen) atoms. The summed E-state index contributed by atoms with van der Waals surface area (Å²) in [5, 5.41) is 0.721. The molecule has 0 saturated heterocycles. The summed E-state index contributed by atoms with van der Waals surface area (Å²) < 4.78 is 38.6. The molecule has 2 aromatic carbocycles. The molecule has 3 rings (SSSR count). The number of methoxy groups -OCH3 is 1. The Morgan fingerprint density at radius 3 is 2.61 bits per heavy atom. The highest BCUT2D eigenvalue weighted by Crippen LogP contribution is 2.32. The third-order valence-corrected chi connectivity index (χ3v) is 6.99. The number of aromatic nitrogens is 1. The summed E-state index contributed by atoms with van der Waals surface area (Å²) in [4.78, 5) is 11.4. The van der Waals surface area contributed by atoms with Crippen molar-refractivity contribution in [3.8, 4) is 12.3 Å². The van der Waals surface area contributed by atoms with Crippen molar-refractivity contribution in [3.63, 3.8) is 0 Å². The number of aryl methyl sites for hydroxylation is 1. The maximum absolute atomic E-state index is 13.3. The van der Waals surface area contributed by atoms with E-state index >= 15 is 0 Å². The first-order valence-corrected chi connectivity index (χ1v) is 11.5. The first-order chi connectivity index (χ1) is 14.8. The Morgan fingerprint density at radius 2 is 1.97 bits per heavy atom. The maximum atomic E-state index is 13.3. The van der Waals surface area contributed by atoms with Crippen molar-refractivity contribution in [1.29, 1.82) is 0 Å². The van der Waals surface area contributed by atoms with Crippen LogP contribution < -0.4 is 0 Å². The van der Waals surface area contributed by atoms with E-state index < -0.39 is 22.1 Å². The number of esters is 1. The first kappa shape index (κ1) is 22.7. The number of nitrogens with zero attached hydrogens (tertiary/aromatic N) is 1. The van der Waals surface area contributed by atoms with E-state index in [1.54, 1.807) is 42.6 Å². The predicted octanol–water partition coefficient (Wildman–Crippen LogP) is 4.20. The standard InChI is InChI=1S/C23H20BrNO5S/c1-4-18(30-13-12-22(26)29-3)14-17-15-25(21-7-5-6-20(24)23(17)21)31(27,28)19-10-8-16(2)9-11-19/h1,5-13,15,18H,14H2,2-3H3/b13-12+. The van der Waals surface area contributed by atoms with E-state index in [1.165, 1.54) is 17.3 Å². The Labute approximate surface area is 189 Å². The molecule has 0 radical (unpaired) electrons. The van der Waals surface area contributed by atoms with Crippen LogP contribution in [0.3, 0.4) is 0 Å². The molecule has 0 bridgehead atoms. The fraction of sp³-hybridized carbons (Fsp3) is 0.174. The van der Waals surface area contributed by atoms with Crippen LogP contribution in [0.4, 0.5) is 0 Å². The van der Waals surface area contributed by atoms with E-state index in [9.17, 15) is 13.2 Å². The van der Waals surface area contributed by atoms with E-state index in [-0.39, 0.29) is 11.3 Å². The summed E-state index contributed by atoms with van der Waals surface area (Å²) in [7, 11) is -2.57. The SMILES string of the molecule is C#CC(Cc1cn(S(=O)(=O)c2ccc(C)cc2)c2cccc(Br)c12)O/C=C/C(=O)OC. The zero-order valence-electron chi connectivity index (χ0n) is 16.9. The zero-order chi connectivity index (χ0) is 22.6. The lowest BCUT2D eigenvalue weighted by atomic mass is 10.1. The minimum atomic E-state index is -3.82. The van der Waals surface area contributed by atoms with Gasteiger partial charge in [0.05, 0.1) is 29.9 Å². The average Bonchev–Trinajstić information content (AvgIpc) is 3.13. The summed E-state index contributed by atoms with van der Waals surface area (Å²) in [6.07, 6.45) is 8.96. The highest BCUT2D eigenvalue weighted by atomic mass is 79.9. The van der Waals surface area contributed by atoms with Crippen molar-refractivity contribution in [2.24, 2.45) is 0 Å². The molecule has 0 saturated carbocycles. The lowest BCUT2D eigenvalue weighted by Gasteiger charge is -2.10. The summed E-state index contributed by atoms with van der Waals surface area (Å²) in [5.41, 5.74) is 2.17. The molecule has 0 aliphatic rings. The number of fused-ring (bicyclic) bond motifs is 1. The molecule has 0 fully saturated rings. The molecule has 6 nitrogen and oxygen atoms in total. The number of carbonyl (C=O) groups is 1. The van der Waals surface area contributed by atoms with Crippen LogP contribution >= 0.6 is 15.9 Å². The van der Waals surface area contributed by atoms with Gasteiger partial charge in [-0.2, -0.15) is 0 Å². The average molecular weight is 502 g/mol. The van der Waals surface area contributed by atoms with Crippen LogP contribution in [0.5, 0.6) is 0 Å². The van der Waals surface area contributed by atoms with Gasteiger partial charge >= 0.3 is 5.97 Å². The molecular formula is C23H20BrNO5S. The molecular weight excluding hydrogens is 482 g/mol. The number of rotatable bonds is 7. The van der Waals surface area contributed by atoms with Gasteiger partial charge in [-0.15, -0.1) is 6.42 Å². The lowest BCUT2D eigenvalue weighted by molar-refractivity contribution is -0.135. The normalized spacial score (nSPS) is 12.6. The number of halogens is 1. The second-order valence-corrected chi connectivity index (χ2v) is 9.39. The van der Waals surface area contributed by atoms with Gasteiger partial charge in [0.2, 0.25) is 0 Å². The van der Waals surface area contributed by atoms with Crippen LogP contribution in [0.2, 0.25) is 0 Å². The van der Waals surface area contributed by atoms with Crippen molar-refractivity contribution in [1.82, 2.24) is 3.97 Å². The van der Waals surface area contributed by atoms with Gasteiger partial charge in [0.25, 0.3) is 10.0 Å². The Bertz CT molecular complexity index is 1280. The summed E-state index contributed by atoms with van der Waals surface area (Å²) >= 11 is 3.51. The number of carbonyl (C=O) groups excluding carboxylic acids is 1. The van der Waals surface area contributed by atoms with E-state index in [0.29, 0.717) is 11.1 Å². The fourth-order valence-corrected chi connectivity index (χ4v) is 5.07. The van der Waals surface area contributed by atoms with Gasteiger partial charge in [-0.25, -0.2) is 17.2 Å². The minimum Gasteiger partial charge on any atom is -0.485 e. The number of ether oxygens (including phenoxy) is 2. The molecule has 0 spiro atoms. The third kappa shape index (κ3) is 4.84. The van der Waals surface area contributed by atoms with Crippen LogP contribution in [0, 0.1) is 19.3 Å². The van der Waals surface area contributed by atoms with Crippen LogP contribution in [-0.2, 0) is 30.7 Å². The van der Waals surface area contributed by atoms with E-state index in [1.807, 2.05) is 13.0 Å². The highest BCUT2D eigenvalue weighted by Gasteiger charge is 2.23. The largest absolute Gasteiger partial charge is 0.485 e. The van der Waals surface area contributed by atoms with Gasteiger partial charge in [0, 0.05) is 22.5 Å². The molecule has 0 N–H and O–H groups in total. The Morgan fingerprint density at radius 1 is 1.26 bits per heavy atom. The number of benzene rings is 2. The molecule has 1 aromatic heterocycles. The molecule has 0 aliphatic heterocycles. The second kappa shape index (κ2) is 9.41. The quantitative estimate of drug-likeness (QED) is 0.210. The molecule has 1 heterocycles. The molecule has 0 amide bonds. The van der Waals surface area contributed by atoms with Gasteiger partial charge in [-0.1, -0.05) is 45.6 Å². The third-order valence-electron chi connectivity index (χ3n) is 4.64. The van der Waals surface area contributed by atoms with Gasteiger partial charge in [-0.05, 0) is 36.8 Å². The van der Waals surface area contributed by atoms with E-state index in [0.717, 1.165) is 21.5 Å². The minimum absolute atomic E-state index is 0.187. The molecule has 8 heteroatoms. The van der Waals surface area contributed by atoms with Crippen LogP contribution in [0.25, 0.3) is 10.9 Å². The number of hydrogen-bond donors (Lipinski definition) is 0. The van der Waals surface area contributed by atoms with Crippen molar-refractivity contribution >= 4 is 42.8 Å². The van der Waals surface area contributed by atoms with Crippen molar-refractivity contribution in [2.45, 2.75) is 24.3 Å². The maximum Gasteiger partial charge on any atom is 0.333 e. The Hall–Kier alpha value is -3.02. The fourth-order valence-electron chi connectivity index (χ4n) is 3.07.